The summed E-state index contributed by atoms with van der Waals surface area (Å²) in [5.74, 6) is 1.46. The van der Waals surface area contributed by atoms with E-state index >= 15 is 0 Å². The molecule has 1 aromatic carbocycles. The summed E-state index contributed by atoms with van der Waals surface area (Å²) in [7, 11) is 0. The Morgan fingerprint density at radius 1 is 1.18 bits per heavy atom. The number of rotatable bonds is 2. The Balaban J connectivity index is 1.96. The van der Waals surface area contributed by atoms with Crippen LogP contribution in [0.4, 0.5) is 0 Å². The average molecular weight is 232 g/mol. The normalized spacial score (nSPS) is 21.2. The van der Waals surface area contributed by atoms with Crippen LogP contribution in [0.25, 0.3) is 0 Å². The largest absolute Gasteiger partial charge is 0.450 e. The van der Waals surface area contributed by atoms with E-state index in [-0.39, 0.29) is 11.9 Å². The van der Waals surface area contributed by atoms with E-state index in [1.807, 2.05) is 25.1 Å². The van der Waals surface area contributed by atoms with Gasteiger partial charge in [0, 0.05) is 0 Å². The number of carbonyl (C=O) groups is 1. The van der Waals surface area contributed by atoms with Crippen molar-refractivity contribution in [2.45, 2.75) is 25.9 Å². The van der Waals surface area contributed by atoms with Gasteiger partial charge in [-0.2, -0.15) is 0 Å². The van der Waals surface area contributed by atoms with Crippen molar-refractivity contribution in [1.29, 1.82) is 0 Å². The quantitative estimate of drug-likeness (QED) is 0.734. The molecule has 0 radical (unpaired) electrons. The lowest BCUT2D eigenvalue weighted by Gasteiger charge is -2.19. The van der Waals surface area contributed by atoms with Gasteiger partial charge in [-0.3, -0.25) is 0 Å². The molecule has 2 aliphatic heterocycles. The molecule has 4 nitrogen and oxygen atoms in total. The molecule has 0 saturated carbocycles. The maximum Gasteiger partial charge on any atom is 0.378 e. The molecule has 0 bridgehead atoms. The summed E-state index contributed by atoms with van der Waals surface area (Å²) in [6.07, 6.45) is 1.35. The van der Waals surface area contributed by atoms with E-state index in [1.54, 1.807) is 6.07 Å². The van der Waals surface area contributed by atoms with Gasteiger partial charge in [-0.1, -0.05) is 25.5 Å². The lowest BCUT2D eigenvalue weighted by atomic mass is 10.1. The Morgan fingerprint density at radius 2 is 1.88 bits per heavy atom. The van der Waals surface area contributed by atoms with Gasteiger partial charge >= 0.3 is 5.97 Å². The molecule has 0 aromatic heterocycles. The molecule has 0 N–H and O–H groups in total. The lowest BCUT2D eigenvalue weighted by Crippen LogP contribution is -2.17. The molecule has 0 saturated heterocycles. The first-order chi connectivity index (χ1) is 8.29. The number of fused-ring (bicyclic) bond motifs is 1. The average Bonchev–Trinajstić information content (AvgIpc) is 2.64. The van der Waals surface area contributed by atoms with E-state index in [0.717, 1.165) is 12.8 Å². The minimum atomic E-state index is -0.437. The zero-order valence-electron chi connectivity index (χ0n) is 9.43. The Morgan fingerprint density at radius 3 is 2.59 bits per heavy atom. The van der Waals surface area contributed by atoms with Gasteiger partial charge in [0.2, 0.25) is 0 Å². The Bertz CT molecular complexity index is 504. The number of esters is 1. The van der Waals surface area contributed by atoms with Gasteiger partial charge in [-0.15, -0.1) is 0 Å². The minimum absolute atomic E-state index is 0.196. The molecule has 17 heavy (non-hydrogen) atoms. The third-order valence-corrected chi connectivity index (χ3v) is 2.78. The number of carbonyl (C=O) groups excluding carboxylic acids is 1. The molecule has 3 rings (SSSR count). The standard InChI is InChI=1S/C13H12O4/c1-2-5-10-11-12(13(14)17-10)16-9-7-4-3-6-8(9)15-11/h3-4,6-7,10H,2,5H2,1H3. The van der Waals surface area contributed by atoms with Gasteiger partial charge in [0.05, 0.1) is 0 Å². The van der Waals surface area contributed by atoms with Crippen LogP contribution >= 0.6 is 0 Å². The van der Waals surface area contributed by atoms with Crippen LogP contribution in [-0.4, -0.2) is 12.1 Å². The van der Waals surface area contributed by atoms with Crippen LogP contribution in [0.1, 0.15) is 19.8 Å². The van der Waals surface area contributed by atoms with Crippen molar-refractivity contribution in [3.05, 3.63) is 35.8 Å². The van der Waals surface area contributed by atoms with Gasteiger partial charge in [0.1, 0.15) is 0 Å². The third kappa shape index (κ3) is 1.56. The second-order valence-corrected chi connectivity index (χ2v) is 4.03. The molecule has 0 aliphatic carbocycles. The molecular formula is C13H12O4. The van der Waals surface area contributed by atoms with Gasteiger partial charge in [0.25, 0.3) is 5.76 Å². The van der Waals surface area contributed by atoms with Crippen LogP contribution < -0.4 is 9.47 Å². The highest BCUT2D eigenvalue weighted by Crippen LogP contribution is 2.39. The van der Waals surface area contributed by atoms with Crippen LogP contribution in [0.3, 0.4) is 0 Å². The maximum absolute atomic E-state index is 11.6. The summed E-state index contributed by atoms with van der Waals surface area (Å²) in [5.41, 5.74) is 0. The molecule has 1 unspecified atom stereocenters. The second-order valence-electron chi connectivity index (χ2n) is 4.03. The van der Waals surface area contributed by atoms with Crippen molar-refractivity contribution in [3.8, 4) is 11.5 Å². The van der Waals surface area contributed by atoms with E-state index in [1.165, 1.54) is 0 Å². The smallest absolute Gasteiger partial charge is 0.378 e. The molecule has 2 aliphatic rings. The summed E-state index contributed by atoms with van der Waals surface area (Å²) >= 11 is 0. The topological polar surface area (TPSA) is 44.8 Å². The summed E-state index contributed by atoms with van der Waals surface area (Å²) in [6.45, 7) is 2.03. The summed E-state index contributed by atoms with van der Waals surface area (Å²) < 4.78 is 16.4. The van der Waals surface area contributed by atoms with Gasteiger partial charge in [-0.05, 0) is 18.6 Å². The summed E-state index contributed by atoms with van der Waals surface area (Å²) in [5, 5.41) is 0. The molecule has 0 spiro atoms. The summed E-state index contributed by atoms with van der Waals surface area (Å²) in [4.78, 5) is 11.6. The molecule has 1 atom stereocenters. The predicted molar refractivity (Wildman–Crippen MR) is 59.5 cm³/mol. The van der Waals surface area contributed by atoms with Crippen molar-refractivity contribution in [1.82, 2.24) is 0 Å². The SMILES string of the molecule is CCCC1OC(=O)C2=C1Oc1ccccc1O2. The van der Waals surface area contributed by atoms with Gasteiger partial charge in [-0.25, -0.2) is 4.79 Å². The predicted octanol–water partition coefficient (Wildman–Crippen LogP) is 2.39. The second kappa shape index (κ2) is 3.80. The van der Waals surface area contributed by atoms with Crippen molar-refractivity contribution < 1.29 is 19.0 Å². The van der Waals surface area contributed by atoms with Gasteiger partial charge < -0.3 is 14.2 Å². The number of benzene rings is 1. The molecule has 88 valence electrons. The number of hydrogen-bond acceptors (Lipinski definition) is 4. The van der Waals surface area contributed by atoms with Crippen LogP contribution in [-0.2, 0) is 9.53 Å². The number of para-hydroxylation sites is 2. The van der Waals surface area contributed by atoms with E-state index in [9.17, 15) is 4.79 Å². The molecule has 0 amide bonds. The third-order valence-electron chi connectivity index (χ3n) is 2.78. The van der Waals surface area contributed by atoms with E-state index in [4.69, 9.17) is 14.2 Å². The van der Waals surface area contributed by atoms with E-state index in [2.05, 4.69) is 0 Å². The van der Waals surface area contributed by atoms with Crippen LogP contribution in [0.5, 0.6) is 11.5 Å². The molecule has 0 fully saturated rings. The van der Waals surface area contributed by atoms with Crippen molar-refractivity contribution in [2.24, 2.45) is 0 Å². The number of ether oxygens (including phenoxy) is 3. The molecule has 2 heterocycles. The van der Waals surface area contributed by atoms with Crippen molar-refractivity contribution >= 4 is 5.97 Å². The zero-order valence-corrected chi connectivity index (χ0v) is 9.43. The Kier molecular flexibility index (Phi) is 2.28. The molecule has 4 heteroatoms. The number of cyclic esters (lactones) is 1. The Labute approximate surface area is 98.8 Å². The Hall–Kier alpha value is -1.97. The van der Waals surface area contributed by atoms with Crippen molar-refractivity contribution in [3.63, 3.8) is 0 Å². The minimum Gasteiger partial charge on any atom is -0.450 e. The van der Waals surface area contributed by atoms with Crippen LogP contribution in [0.2, 0.25) is 0 Å². The molecule has 1 aromatic rings. The van der Waals surface area contributed by atoms with E-state index < -0.39 is 5.97 Å². The first-order valence-corrected chi connectivity index (χ1v) is 5.69. The highest BCUT2D eigenvalue weighted by atomic mass is 16.6. The zero-order chi connectivity index (χ0) is 11.8. The fraction of sp³-hybridized carbons (Fsp3) is 0.308. The fourth-order valence-electron chi connectivity index (χ4n) is 1.99. The van der Waals surface area contributed by atoms with Crippen LogP contribution in [0.15, 0.2) is 35.8 Å². The molecular weight excluding hydrogens is 220 g/mol. The highest BCUT2D eigenvalue weighted by Gasteiger charge is 2.40. The summed E-state index contributed by atoms with van der Waals surface area (Å²) in [6, 6.07) is 7.27. The number of hydrogen-bond donors (Lipinski definition) is 0. The fourth-order valence-corrected chi connectivity index (χ4v) is 1.99. The maximum atomic E-state index is 11.6. The first-order valence-electron chi connectivity index (χ1n) is 5.69. The lowest BCUT2D eigenvalue weighted by molar-refractivity contribution is -0.142. The van der Waals surface area contributed by atoms with Crippen molar-refractivity contribution in [2.75, 3.05) is 0 Å². The highest BCUT2D eigenvalue weighted by molar-refractivity contribution is 5.90. The van der Waals surface area contributed by atoms with Crippen LogP contribution in [0, 0.1) is 0 Å². The van der Waals surface area contributed by atoms with E-state index in [0.29, 0.717) is 17.3 Å². The first kappa shape index (κ1) is 10.2. The van der Waals surface area contributed by atoms with Gasteiger partial charge in [0.15, 0.2) is 23.4 Å². The monoisotopic (exact) mass is 232 g/mol.